The highest BCUT2D eigenvalue weighted by molar-refractivity contribution is 8.00. The number of amides is 1. The maximum atomic E-state index is 12.9. The van der Waals surface area contributed by atoms with E-state index < -0.39 is 5.97 Å². The second-order valence-corrected chi connectivity index (χ2v) is 7.76. The third-order valence-corrected chi connectivity index (χ3v) is 6.05. The van der Waals surface area contributed by atoms with Gasteiger partial charge in [-0.05, 0) is 42.7 Å². The summed E-state index contributed by atoms with van der Waals surface area (Å²) in [6, 6.07) is 12.7. The SMILES string of the molecule is O=C(O)c1ccccc1SCC(=O)N1CCCC1c1ccc2c(c1)OCCO2. The maximum absolute atomic E-state index is 12.9. The van der Waals surface area contributed by atoms with Crippen LogP contribution in [0.2, 0.25) is 0 Å². The van der Waals surface area contributed by atoms with Crippen LogP contribution in [0.5, 0.6) is 11.5 Å². The minimum absolute atomic E-state index is 0.0126. The van der Waals surface area contributed by atoms with E-state index in [9.17, 15) is 14.7 Å². The number of carbonyl (C=O) groups is 2. The Kier molecular flexibility index (Phi) is 5.43. The fourth-order valence-electron chi connectivity index (χ4n) is 3.67. The van der Waals surface area contributed by atoms with Gasteiger partial charge in [-0.1, -0.05) is 18.2 Å². The smallest absolute Gasteiger partial charge is 0.336 e. The van der Waals surface area contributed by atoms with E-state index in [0.717, 1.165) is 29.9 Å². The average molecular weight is 399 g/mol. The Balaban J connectivity index is 1.46. The van der Waals surface area contributed by atoms with Crippen molar-refractivity contribution < 1.29 is 24.2 Å². The van der Waals surface area contributed by atoms with Crippen molar-refractivity contribution in [2.75, 3.05) is 25.5 Å². The number of rotatable bonds is 5. The van der Waals surface area contributed by atoms with Crippen LogP contribution in [0.25, 0.3) is 0 Å². The van der Waals surface area contributed by atoms with Gasteiger partial charge in [0.25, 0.3) is 0 Å². The zero-order valence-corrected chi connectivity index (χ0v) is 16.1. The minimum atomic E-state index is -0.981. The molecule has 2 aliphatic rings. The van der Waals surface area contributed by atoms with Crippen molar-refractivity contribution in [3.05, 3.63) is 53.6 Å². The van der Waals surface area contributed by atoms with Crippen LogP contribution in [0, 0.1) is 0 Å². The third kappa shape index (κ3) is 3.80. The molecule has 1 saturated heterocycles. The Morgan fingerprint density at radius 3 is 2.71 bits per heavy atom. The van der Waals surface area contributed by atoms with Crippen LogP contribution in [0.1, 0.15) is 34.8 Å². The van der Waals surface area contributed by atoms with Crippen molar-refractivity contribution >= 4 is 23.6 Å². The zero-order valence-electron chi connectivity index (χ0n) is 15.3. The summed E-state index contributed by atoms with van der Waals surface area (Å²) in [6.07, 6.45) is 1.85. The number of carboxylic acid groups (broad SMARTS) is 1. The molecular weight excluding hydrogens is 378 g/mol. The van der Waals surface area contributed by atoms with Crippen molar-refractivity contribution in [3.8, 4) is 11.5 Å². The lowest BCUT2D eigenvalue weighted by Crippen LogP contribution is -2.32. The quantitative estimate of drug-likeness (QED) is 0.774. The van der Waals surface area contributed by atoms with Gasteiger partial charge in [0.05, 0.1) is 17.4 Å². The zero-order chi connectivity index (χ0) is 19.5. The first-order valence-electron chi connectivity index (χ1n) is 9.27. The normalized spacial score (nSPS) is 18.1. The van der Waals surface area contributed by atoms with Gasteiger partial charge in [0.15, 0.2) is 11.5 Å². The molecule has 146 valence electrons. The van der Waals surface area contributed by atoms with E-state index in [1.54, 1.807) is 24.3 Å². The summed E-state index contributed by atoms with van der Waals surface area (Å²) in [5.41, 5.74) is 1.27. The highest BCUT2D eigenvalue weighted by atomic mass is 32.2. The number of thioether (sulfide) groups is 1. The van der Waals surface area contributed by atoms with Crippen molar-refractivity contribution in [1.82, 2.24) is 4.90 Å². The lowest BCUT2D eigenvalue weighted by atomic mass is 10.0. The number of carboxylic acids is 1. The number of aromatic carboxylic acids is 1. The minimum Gasteiger partial charge on any atom is -0.486 e. The topological polar surface area (TPSA) is 76.1 Å². The van der Waals surface area contributed by atoms with Crippen LogP contribution in [0.4, 0.5) is 0 Å². The van der Waals surface area contributed by atoms with Gasteiger partial charge in [-0.2, -0.15) is 0 Å². The molecule has 0 saturated carbocycles. The van der Waals surface area contributed by atoms with Crippen LogP contribution in [0.15, 0.2) is 47.4 Å². The molecule has 0 aliphatic carbocycles. The van der Waals surface area contributed by atoms with Crippen LogP contribution in [-0.4, -0.2) is 47.4 Å². The molecule has 1 amide bonds. The van der Waals surface area contributed by atoms with Crippen LogP contribution >= 0.6 is 11.8 Å². The average Bonchev–Trinajstić information content (AvgIpc) is 3.22. The predicted molar refractivity (Wildman–Crippen MR) is 105 cm³/mol. The van der Waals surface area contributed by atoms with Crippen molar-refractivity contribution in [2.24, 2.45) is 0 Å². The van der Waals surface area contributed by atoms with Gasteiger partial charge in [0, 0.05) is 11.4 Å². The highest BCUT2D eigenvalue weighted by Crippen LogP contribution is 2.38. The van der Waals surface area contributed by atoms with Gasteiger partial charge in [-0.25, -0.2) is 4.79 Å². The summed E-state index contributed by atoms with van der Waals surface area (Å²) in [7, 11) is 0. The molecule has 28 heavy (non-hydrogen) atoms. The van der Waals surface area contributed by atoms with Gasteiger partial charge in [-0.15, -0.1) is 11.8 Å². The molecule has 6 nitrogen and oxygen atoms in total. The number of benzene rings is 2. The lowest BCUT2D eigenvalue weighted by Gasteiger charge is -2.26. The molecule has 2 heterocycles. The number of nitrogens with zero attached hydrogens (tertiary/aromatic N) is 1. The van der Waals surface area contributed by atoms with Gasteiger partial charge in [0.1, 0.15) is 13.2 Å². The predicted octanol–water partition coefficient (Wildman–Crippen LogP) is 3.61. The number of carbonyl (C=O) groups excluding carboxylic acids is 1. The fraction of sp³-hybridized carbons (Fsp3) is 0.333. The standard InChI is InChI=1S/C21H21NO5S/c23-20(13-28-19-6-2-1-4-15(19)21(24)25)22-9-3-5-16(22)14-7-8-17-18(12-14)27-11-10-26-17/h1-2,4,6-8,12,16H,3,5,9-11,13H2,(H,24,25). The molecule has 1 N–H and O–H groups in total. The Bertz CT molecular complexity index is 900. The van der Waals surface area contributed by atoms with Crippen molar-refractivity contribution in [3.63, 3.8) is 0 Å². The third-order valence-electron chi connectivity index (χ3n) is 4.99. The molecule has 1 fully saturated rings. The van der Waals surface area contributed by atoms with E-state index in [1.165, 1.54) is 11.8 Å². The van der Waals surface area contributed by atoms with Gasteiger partial charge in [0.2, 0.25) is 5.91 Å². The number of ether oxygens (including phenoxy) is 2. The molecule has 0 bridgehead atoms. The Morgan fingerprint density at radius 1 is 1.11 bits per heavy atom. The molecule has 2 aliphatic heterocycles. The molecule has 1 unspecified atom stereocenters. The number of hydrogen-bond donors (Lipinski definition) is 1. The summed E-state index contributed by atoms with van der Waals surface area (Å²) in [4.78, 5) is 26.7. The maximum Gasteiger partial charge on any atom is 0.336 e. The van der Waals surface area contributed by atoms with E-state index in [1.807, 2.05) is 23.1 Å². The Hall–Kier alpha value is -2.67. The van der Waals surface area contributed by atoms with Crippen molar-refractivity contribution in [1.29, 1.82) is 0 Å². The molecule has 2 aromatic carbocycles. The number of fused-ring (bicyclic) bond motifs is 1. The molecular formula is C21H21NO5S. The summed E-state index contributed by atoms with van der Waals surface area (Å²) in [6.45, 7) is 1.79. The van der Waals surface area contributed by atoms with Crippen LogP contribution in [0.3, 0.4) is 0 Å². The molecule has 2 aromatic rings. The van der Waals surface area contributed by atoms with E-state index in [2.05, 4.69) is 0 Å². The second-order valence-electron chi connectivity index (χ2n) is 6.74. The summed E-state index contributed by atoms with van der Waals surface area (Å²) >= 11 is 1.27. The first-order valence-corrected chi connectivity index (χ1v) is 10.3. The largest absolute Gasteiger partial charge is 0.486 e. The molecule has 7 heteroatoms. The molecule has 4 rings (SSSR count). The second kappa shape index (κ2) is 8.14. The Labute approximate surface area is 167 Å². The molecule has 0 radical (unpaired) electrons. The summed E-state index contributed by atoms with van der Waals surface area (Å²) in [5, 5.41) is 9.30. The number of likely N-dealkylation sites (tertiary alicyclic amines) is 1. The van der Waals surface area contributed by atoms with E-state index in [0.29, 0.717) is 24.7 Å². The monoisotopic (exact) mass is 399 g/mol. The first kappa shape index (κ1) is 18.7. The molecule has 1 atom stereocenters. The van der Waals surface area contributed by atoms with Crippen LogP contribution in [-0.2, 0) is 4.79 Å². The van der Waals surface area contributed by atoms with Crippen molar-refractivity contribution in [2.45, 2.75) is 23.8 Å². The highest BCUT2D eigenvalue weighted by Gasteiger charge is 2.31. The van der Waals surface area contributed by atoms with E-state index in [4.69, 9.17) is 9.47 Å². The number of hydrogen-bond acceptors (Lipinski definition) is 5. The fourth-order valence-corrected chi connectivity index (χ4v) is 4.60. The first-order chi connectivity index (χ1) is 13.6. The van der Waals surface area contributed by atoms with Gasteiger partial charge >= 0.3 is 5.97 Å². The Morgan fingerprint density at radius 2 is 1.89 bits per heavy atom. The van der Waals surface area contributed by atoms with Gasteiger partial charge < -0.3 is 19.5 Å². The molecule has 0 spiro atoms. The van der Waals surface area contributed by atoms with Crippen LogP contribution < -0.4 is 9.47 Å². The van der Waals surface area contributed by atoms with Gasteiger partial charge in [-0.3, -0.25) is 4.79 Å². The summed E-state index contributed by atoms with van der Waals surface area (Å²) in [5.74, 6) is 0.721. The van der Waals surface area contributed by atoms with E-state index in [-0.39, 0.29) is 23.3 Å². The van der Waals surface area contributed by atoms with E-state index >= 15 is 0 Å². The molecule has 0 aromatic heterocycles. The summed E-state index contributed by atoms with van der Waals surface area (Å²) < 4.78 is 11.2. The lowest BCUT2D eigenvalue weighted by molar-refractivity contribution is -0.129.